The van der Waals surface area contributed by atoms with E-state index >= 15 is 0 Å². The van der Waals surface area contributed by atoms with E-state index in [2.05, 4.69) is 21.7 Å². The number of piperazine rings is 1. The van der Waals surface area contributed by atoms with E-state index in [0.717, 1.165) is 64.2 Å². The third-order valence-corrected chi connectivity index (χ3v) is 5.61. The number of hydrogen-bond acceptors (Lipinski definition) is 5. The Morgan fingerprint density at radius 1 is 1.04 bits per heavy atom. The number of hydrogen-bond donors (Lipinski definition) is 0. The summed E-state index contributed by atoms with van der Waals surface area (Å²) in [6, 6.07) is 6.15. The minimum Gasteiger partial charge on any atom is -0.356 e. The molecule has 1 amide bonds. The number of halogens is 1. The Labute approximate surface area is 165 Å². The predicted octanol–water partition coefficient (Wildman–Crippen LogP) is 2.66. The fourth-order valence-corrected chi connectivity index (χ4v) is 3.87. The van der Waals surface area contributed by atoms with Gasteiger partial charge in [0.2, 0.25) is 0 Å². The molecule has 0 spiro atoms. The third kappa shape index (κ3) is 3.85. The van der Waals surface area contributed by atoms with Crippen molar-refractivity contribution in [3.8, 4) is 11.4 Å². The van der Waals surface area contributed by atoms with Gasteiger partial charge in [-0.15, -0.1) is 0 Å². The van der Waals surface area contributed by atoms with Gasteiger partial charge in [0.05, 0.1) is 0 Å². The largest absolute Gasteiger partial charge is 0.356 e. The molecule has 0 N–H and O–H groups in total. The van der Waals surface area contributed by atoms with Crippen molar-refractivity contribution in [3.05, 3.63) is 41.8 Å². The van der Waals surface area contributed by atoms with Gasteiger partial charge in [-0.2, -0.15) is 0 Å². The monoisotopic (exact) mass is 383 g/mol. The quantitative estimate of drug-likeness (QED) is 0.813. The molecule has 0 unspecified atom stereocenters. The molecule has 2 saturated heterocycles. The lowest BCUT2D eigenvalue weighted by Gasteiger charge is -2.34. The molecule has 0 bridgehead atoms. The van der Waals surface area contributed by atoms with Crippen LogP contribution in [-0.2, 0) is 0 Å². The molecule has 6 nitrogen and oxygen atoms in total. The molecule has 2 aliphatic heterocycles. The van der Waals surface area contributed by atoms with E-state index in [0.29, 0.717) is 17.2 Å². The summed E-state index contributed by atoms with van der Waals surface area (Å²) >= 11 is 0. The minimum atomic E-state index is -0.290. The van der Waals surface area contributed by atoms with Crippen LogP contribution in [0.25, 0.3) is 11.4 Å². The molecule has 0 saturated carbocycles. The van der Waals surface area contributed by atoms with Gasteiger partial charge in [0, 0.05) is 51.0 Å². The smallest absolute Gasteiger partial charge is 0.259 e. The van der Waals surface area contributed by atoms with Crippen LogP contribution >= 0.6 is 0 Å². The Morgan fingerprint density at radius 3 is 2.36 bits per heavy atom. The fraction of sp³-hybridized carbons (Fsp3) is 0.476. The highest BCUT2D eigenvalue weighted by molar-refractivity contribution is 5.99. The Kier molecular flexibility index (Phi) is 5.52. The zero-order valence-electron chi connectivity index (χ0n) is 16.3. The van der Waals surface area contributed by atoms with Crippen molar-refractivity contribution in [3.63, 3.8) is 0 Å². The van der Waals surface area contributed by atoms with Gasteiger partial charge in [0.25, 0.3) is 5.91 Å². The molecule has 2 aliphatic rings. The number of amides is 1. The van der Waals surface area contributed by atoms with Crippen LogP contribution in [0.2, 0.25) is 0 Å². The first kappa shape index (κ1) is 18.8. The maximum Gasteiger partial charge on any atom is 0.259 e. The van der Waals surface area contributed by atoms with Crippen molar-refractivity contribution < 1.29 is 9.18 Å². The summed E-state index contributed by atoms with van der Waals surface area (Å²) in [5.41, 5.74) is 1.31. The normalized spacial score (nSPS) is 17.9. The van der Waals surface area contributed by atoms with Gasteiger partial charge in [-0.3, -0.25) is 4.79 Å². The average Bonchev–Trinajstić information content (AvgIpc) is 3.28. The van der Waals surface area contributed by atoms with Crippen molar-refractivity contribution in [1.82, 2.24) is 19.8 Å². The molecule has 0 atom stereocenters. The van der Waals surface area contributed by atoms with E-state index in [1.807, 2.05) is 4.90 Å². The van der Waals surface area contributed by atoms with Gasteiger partial charge >= 0.3 is 0 Å². The SMILES string of the molecule is CCN1CCN(C(=O)c2cnc(-c3ccc(F)cc3)nc2N2CCCC2)CC1. The summed E-state index contributed by atoms with van der Waals surface area (Å²) in [7, 11) is 0. The summed E-state index contributed by atoms with van der Waals surface area (Å²) in [6.45, 7) is 8.19. The molecular weight excluding hydrogens is 357 g/mol. The van der Waals surface area contributed by atoms with E-state index < -0.39 is 0 Å². The van der Waals surface area contributed by atoms with E-state index in [1.165, 1.54) is 12.1 Å². The summed E-state index contributed by atoms with van der Waals surface area (Å²) in [5.74, 6) is 0.939. The van der Waals surface area contributed by atoms with Gasteiger partial charge in [0.15, 0.2) is 5.82 Å². The molecule has 1 aromatic carbocycles. The van der Waals surface area contributed by atoms with Gasteiger partial charge in [0.1, 0.15) is 17.2 Å². The van der Waals surface area contributed by atoms with Crippen LogP contribution in [0.4, 0.5) is 10.2 Å². The van der Waals surface area contributed by atoms with Crippen LogP contribution in [0.3, 0.4) is 0 Å². The lowest BCUT2D eigenvalue weighted by molar-refractivity contribution is 0.0643. The second kappa shape index (κ2) is 8.22. The van der Waals surface area contributed by atoms with E-state index in [9.17, 15) is 9.18 Å². The van der Waals surface area contributed by atoms with Crippen molar-refractivity contribution in [2.75, 3.05) is 50.7 Å². The van der Waals surface area contributed by atoms with E-state index in [-0.39, 0.29) is 11.7 Å². The molecule has 4 rings (SSSR count). The minimum absolute atomic E-state index is 0.00306. The van der Waals surface area contributed by atoms with E-state index in [1.54, 1.807) is 18.3 Å². The van der Waals surface area contributed by atoms with Gasteiger partial charge in [-0.25, -0.2) is 14.4 Å². The molecule has 2 aromatic rings. The molecular formula is C21H26FN5O. The fourth-order valence-electron chi connectivity index (χ4n) is 3.87. The average molecular weight is 383 g/mol. The second-order valence-electron chi connectivity index (χ2n) is 7.36. The van der Waals surface area contributed by atoms with Crippen LogP contribution in [0.1, 0.15) is 30.1 Å². The van der Waals surface area contributed by atoms with Crippen LogP contribution < -0.4 is 4.90 Å². The van der Waals surface area contributed by atoms with Crippen LogP contribution in [0.15, 0.2) is 30.5 Å². The highest BCUT2D eigenvalue weighted by Gasteiger charge is 2.27. The van der Waals surface area contributed by atoms with Gasteiger partial charge in [-0.1, -0.05) is 6.92 Å². The number of aromatic nitrogens is 2. The molecule has 28 heavy (non-hydrogen) atoms. The Morgan fingerprint density at radius 2 is 1.71 bits per heavy atom. The van der Waals surface area contributed by atoms with Crippen LogP contribution in [0.5, 0.6) is 0 Å². The van der Waals surface area contributed by atoms with Crippen molar-refractivity contribution in [1.29, 1.82) is 0 Å². The number of rotatable bonds is 4. The number of anilines is 1. The summed E-state index contributed by atoms with van der Waals surface area (Å²) < 4.78 is 13.3. The first-order valence-corrected chi connectivity index (χ1v) is 10.1. The molecule has 7 heteroatoms. The topological polar surface area (TPSA) is 52.6 Å². The summed E-state index contributed by atoms with van der Waals surface area (Å²) in [5, 5.41) is 0. The lowest BCUT2D eigenvalue weighted by Crippen LogP contribution is -2.48. The number of likely N-dealkylation sites (N-methyl/N-ethyl adjacent to an activating group) is 1. The molecule has 3 heterocycles. The van der Waals surface area contributed by atoms with Crippen molar-refractivity contribution >= 4 is 11.7 Å². The lowest BCUT2D eigenvalue weighted by atomic mass is 10.1. The van der Waals surface area contributed by atoms with Gasteiger partial charge < -0.3 is 14.7 Å². The summed E-state index contributed by atoms with van der Waals surface area (Å²) in [4.78, 5) is 28.8. The Hall–Kier alpha value is -2.54. The first-order valence-electron chi connectivity index (χ1n) is 10.1. The van der Waals surface area contributed by atoms with Crippen molar-refractivity contribution in [2.24, 2.45) is 0 Å². The zero-order chi connectivity index (χ0) is 19.5. The number of carbonyl (C=O) groups excluding carboxylic acids is 1. The summed E-state index contributed by atoms with van der Waals surface area (Å²) in [6.07, 6.45) is 3.84. The first-order chi connectivity index (χ1) is 13.7. The number of carbonyl (C=O) groups is 1. The third-order valence-electron chi connectivity index (χ3n) is 5.61. The Bertz CT molecular complexity index is 827. The molecule has 148 valence electrons. The zero-order valence-corrected chi connectivity index (χ0v) is 16.3. The van der Waals surface area contributed by atoms with Gasteiger partial charge in [-0.05, 0) is 43.7 Å². The van der Waals surface area contributed by atoms with E-state index in [4.69, 9.17) is 4.98 Å². The number of nitrogens with zero attached hydrogens (tertiary/aromatic N) is 5. The highest BCUT2D eigenvalue weighted by Crippen LogP contribution is 2.27. The molecule has 0 radical (unpaired) electrons. The standard InChI is InChI=1S/C21H26FN5O/c1-2-25-11-13-27(14-12-25)21(28)18-15-23-19(16-5-7-17(22)8-6-16)24-20(18)26-9-3-4-10-26/h5-8,15H,2-4,9-14H2,1H3. The van der Waals surface area contributed by atoms with Crippen molar-refractivity contribution in [2.45, 2.75) is 19.8 Å². The number of benzene rings is 1. The molecule has 0 aliphatic carbocycles. The van der Waals surface area contributed by atoms with Crippen LogP contribution in [-0.4, -0.2) is 71.5 Å². The molecule has 2 fully saturated rings. The predicted molar refractivity (Wildman–Crippen MR) is 107 cm³/mol. The maximum absolute atomic E-state index is 13.3. The Balaban J connectivity index is 1.64. The van der Waals surface area contributed by atoms with Crippen LogP contribution in [0, 0.1) is 5.82 Å². The highest BCUT2D eigenvalue weighted by atomic mass is 19.1. The maximum atomic E-state index is 13.3. The second-order valence-corrected chi connectivity index (χ2v) is 7.36. The molecule has 1 aromatic heterocycles.